The summed E-state index contributed by atoms with van der Waals surface area (Å²) in [5.74, 6) is -0.871. The Bertz CT molecular complexity index is 595. The summed E-state index contributed by atoms with van der Waals surface area (Å²) in [7, 11) is 0. The van der Waals surface area contributed by atoms with Crippen molar-refractivity contribution in [1.29, 1.82) is 0 Å². The molecule has 0 saturated carbocycles. The molecule has 134 valence electrons. The fraction of sp³-hybridized carbons (Fsp3) is 0.562. The second-order valence-electron chi connectivity index (χ2n) is 6.00. The van der Waals surface area contributed by atoms with E-state index in [1.54, 1.807) is 20.8 Å². The van der Waals surface area contributed by atoms with Crippen LogP contribution in [0.25, 0.3) is 0 Å². The summed E-state index contributed by atoms with van der Waals surface area (Å²) in [6.07, 6.45) is -0.806. The predicted molar refractivity (Wildman–Crippen MR) is 86.6 cm³/mol. The molecular weight excluding hydrogens is 319 g/mol. The van der Waals surface area contributed by atoms with E-state index in [0.717, 1.165) is 6.07 Å². The Labute approximate surface area is 140 Å². The maximum Gasteiger partial charge on any atom is 0.410 e. The Morgan fingerprint density at radius 3 is 2.38 bits per heavy atom. The monoisotopic (exact) mass is 342 g/mol. The molecule has 1 aliphatic heterocycles. The van der Waals surface area contributed by atoms with Gasteiger partial charge in [-0.1, -0.05) is 13.8 Å². The van der Waals surface area contributed by atoms with Gasteiger partial charge in [0, 0.05) is 6.07 Å². The number of likely N-dealkylation sites (tertiary alicyclic amines) is 1. The summed E-state index contributed by atoms with van der Waals surface area (Å²) in [6, 6.07) is 3.19. The molecule has 7 nitrogen and oxygen atoms in total. The zero-order valence-corrected chi connectivity index (χ0v) is 14.5. The fourth-order valence-corrected chi connectivity index (χ4v) is 1.87. The molecule has 24 heavy (non-hydrogen) atoms. The van der Waals surface area contributed by atoms with Crippen molar-refractivity contribution in [2.75, 3.05) is 13.1 Å². The van der Waals surface area contributed by atoms with Crippen LogP contribution in [0.2, 0.25) is 0 Å². The van der Waals surface area contributed by atoms with Gasteiger partial charge in [-0.15, -0.1) is 0 Å². The minimum Gasteiger partial charge on any atom is -0.484 e. The number of ether oxygens (including phenoxy) is 2. The van der Waals surface area contributed by atoms with Crippen molar-refractivity contribution in [3.8, 4) is 5.75 Å². The van der Waals surface area contributed by atoms with Crippen molar-refractivity contribution in [2.24, 2.45) is 0 Å². The number of non-ortho nitro benzene ring substituents is 1. The van der Waals surface area contributed by atoms with Crippen LogP contribution in [0.3, 0.4) is 0 Å². The van der Waals surface area contributed by atoms with Gasteiger partial charge in [0.1, 0.15) is 11.7 Å². The first-order chi connectivity index (χ1) is 11.2. The number of hydrogen-bond donors (Lipinski definition) is 0. The lowest BCUT2D eigenvalue weighted by Gasteiger charge is -2.39. The molecule has 8 heteroatoms. The number of carbonyl (C=O) groups excluding carboxylic acids is 1. The van der Waals surface area contributed by atoms with E-state index in [9.17, 15) is 19.3 Å². The van der Waals surface area contributed by atoms with Crippen LogP contribution < -0.4 is 4.74 Å². The first-order valence-electron chi connectivity index (χ1n) is 7.74. The average molecular weight is 342 g/mol. The van der Waals surface area contributed by atoms with Crippen LogP contribution in [0, 0.1) is 15.9 Å². The molecule has 1 aliphatic rings. The Hall–Kier alpha value is -2.38. The largest absolute Gasteiger partial charge is 0.484 e. The molecule has 0 atom stereocenters. The van der Waals surface area contributed by atoms with Crippen LogP contribution in [-0.2, 0) is 4.74 Å². The molecule has 1 heterocycles. The highest BCUT2D eigenvalue weighted by Gasteiger charge is 2.35. The van der Waals surface area contributed by atoms with Crippen molar-refractivity contribution in [3.63, 3.8) is 0 Å². The Balaban J connectivity index is 0.00000139. The first-order valence-corrected chi connectivity index (χ1v) is 7.74. The molecule has 0 aromatic heterocycles. The molecule has 0 bridgehead atoms. The van der Waals surface area contributed by atoms with Gasteiger partial charge in [-0.2, -0.15) is 0 Å². The van der Waals surface area contributed by atoms with Crippen molar-refractivity contribution >= 4 is 11.8 Å². The summed E-state index contributed by atoms with van der Waals surface area (Å²) < 4.78 is 24.2. The Morgan fingerprint density at radius 2 is 1.92 bits per heavy atom. The summed E-state index contributed by atoms with van der Waals surface area (Å²) in [6.45, 7) is 9.87. The lowest BCUT2D eigenvalue weighted by Crippen LogP contribution is -2.57. The lowest BCUT2D eigenvalue weighted by atomic mass is 10.1. The molecule has 0 unspecified atom stereocenters. The van der Waals surface area contributed by atoms with E-state index in [0.29, 0.717) is 0 Å². The van der Waals surface area contributed by atoms with Gasteiger partial charge in [0.2, 0.25) is 0 Å². The van der Waals surface area contributed by atoms with Crippen molar-refractivity contribution in [2.45, 2.75) is 46.3 Å². The molecule has 1 amide bonds. The highest BCUT2D eigenvalue weighted by Crippen LogP contribution is 2.26. The van der Waals surface area contributed by atoms with E-state index in [1.807, 2.05) is 13.8 Å². The summed E-state index contributed by atoms with van der Waals surface area (Å²) in [5, 5.41) is 10.5. The highest BCUT2D eigenvalue weighted by atomic mass is 19.1. The third-order valence-electron chi connectivity index (χ3n) is 2.92. The Morgan fingerprint density at radius 1 is 1.33 bits per heavy atom. The number of hydrogen-bond acceptors (Lipinski definition) is 5. The number of nitro groups is 1. The van der Waals surface area contributed by atoms with Crippen molar-refractivity contribution < 1.29 is 23.6 Å². The number of amides is 1. The number of nitro benzene ring substituents is 1. The van der Waals surface area contributed by atoms with Crippen LogP contribution in [0.1, 0.15) is 34.6 Å². The zero-order valence-electron chi connectivity index (χ0n) is 14.5. The number of benzene rings is 1. The van der Waals surface area contributed by atoms with Gasteiger partial charge in [0.05, 0.1) is 24.1 Å². The number of rotatable bonds is 3. The molecule has 1 aromatic rings. The zero-order chi connectivity index (χ0) is 18.5. The molecule has 0 radical (unpaired) electrons. The SMILES string of the molecule is CC.CC(C)(C)OC(=O)N1CC(Oc2ccc([N+](=O)[O-])cc2F)C1. The van der Waals surface area contributed by atoms with E-state index < -0.39 is 22.4 Å². The van der Waals surface area contributed by atoms with Gasteiger partial charge in [-0.25, -0.2) is 9.18 Å². The van der Waals surface area contributed by atoms with Crippen LogP contribution >= 0.6 is 0 Å². The highest BCUT2D eigenvalue weighted by molar-refractivity contribution is 5.69. The predicted octanol–water partition coefficient (Wildman–Crippen LogP) is 3.76. The molecule has 1 saturated heterocycles. The maximum absolute atomic E-state index is 13.7. The van der Waals surface area contributed by atoms with Gasteiger partial charge in [0.25, 0.3) is 5.69 Å². The molecule has 1 aromatic carbocycles. The lowest BCUT2D eigenvalue weighted by molar-refractivity contribution is -0.385. The van der Waals surface area contributed by atoms with Crippen LogP contribution in [0.4, 0.5) is 14.9 Å². The van der Waals surface area contributed by atoms with E-state index in [1.165, 1.54) is 17.0 Å². The van der Waals surface area contributed by atoms with E-state index in [2.05, 4.69) is 0 Å². The fourth-order valence-electron chi connectivity index (χ4n) is 1.87. The normalized spacial score (nSPS) is 14.2. The topological polar surface area (TPSA) is 81.9 Å². The summed E-state index contributed by atoms with van der Waals surface area (Å²) >= 11 is 0. The van der Waals surface area contributed by atoms with E-state index in [-0.39, 0.29) is 30.6 Å². The second-order valence-corrected chi connectivity index (χ2v) is 6.00. The van der Waals surface area contributed by atoms with Gasteiger partial charge in [-0.05, 0) is 26.8 Å². The molecule has 0 aliphatic carbocycles. The van der Waals surface area contributed by atoms with E-state index >= 15 is 0 Å². The smallest absolute Gasteiger partial charge is 0.410 e. The molecule has 2 rings (SSSR count). The molecule has 0 spiro atoms. The minimum absolute atomic E-state index is 0.0700. The Kier molecular flexibility index (Phi) is 6.51. The maximum atomic E-state index is 13.7. The summed E-state index contributed by atoms with van der Waals surface area (Å²) in [5.41, 5.74) is -0.915. The average Bonchev–Trinajstić information content (AvgIpc) is 2.43. The number of nitrogens with zero attached hydrogens (tertiary/aromatic N) is 2. The van der Waals surface area contributed by atoms with Gasteiger partial charge < -0.3 is 14.4 Å². The van der Waals surface area contributed by atoms with Crippen LogP contribution in [0.15, 0.2) is 18.2 Å². The third kappa shape index (κ3) is 5.36. The number of halogens is 1. The molecule has 1 fully saturated rings. The first kappa shape index (κ1) is 19.7. The second kappa shape index (κ2) is 7.94. The third-order valence-corrected chi connectivity index (χ3v) is 2.92. The van der Waals surface area contributed by atoms with Crippen LogP contribution in [0.5, 0.6) is 5.75 Å². The van der Waals surface area contributed by atoms with Crippen molar-refractivity contribution in [1.82, 2.24) is 4.90 Å². The van der Waals surface area contributed by atoms with Gasteiger partial charge in [0.15, 0.2) is 11.6 Å². The van der Waals surface area contributed by atoms with E-state index in [4.69, 9.17) is 9.47 Å². The van der Waals surface area contributed by atoms with Crippen LogP contribution in [-0.4, -0.2) is 40.7 Å². The molecular formula is C16H23FN2O5. The van der Waals surface area contributed by atoms with Gasteiger partial charge >= 0.3 is 6.09 Å². The summed E-state index contributed by atoms with van der Waals surface area (Å²) in [4.78, 5) is 23.0. The molecule has 0 N–H and O–H groups in total. The quantitative estimate of drug-likeness (QED) is 0.617. The van der Waals surface area contributed by atoms with Gasteiger partial charge in [-0.3, -0.25) is 10.1 Å². The number of carbonyl (C=O) groups is 1. The van der Waals surface area contributed by atoms with Crippen molar-refractivity contribution in [3.05, 3.63) is 34.1 Å². The standard InChI is InChI=1S/C14H17FN2O5.C2H6/c1-14(2,3)22-13(18)16-7-10(8-16)21-12-5-4-9(17(19)20)6-11(12)15;1-2/h4-6,10H,7-8H2,1-3H3;1-2H3. The minimum atomic E-state index is -0.801.